The standard InChI is InChI=1S/C11H21NO/c1-9(2)10(3)4-5-11(9,7-12)6-8(10)13/h8,13H,4-7,12H2,1-3H3/t8-,10-,11+/m0/s1. The zero-order valence-electron chi connectivity index (χ0n) is 8.93. The Kier molecular flexibility index (Phi) is 1.67. The Morgan fingerprint density at radius 2 is 1.92 bits per heavy atom. The number of hydrogen-bond donors (Lipinski definition) is 2. The lowest BCUT2D eigenvalue weighted by Crippen LogP contribution is -2.40. The van der Waals surface area contributed by atoms with Gasteiger partial charge in [-0.05, 0) is 42.1 Å². The van der Waals surface area contributed by atoms with Crippen molar-refractivity contribution in [1.82, 2.24) is 0 Å². The van der Waals surface area contributed by atoms with Crippen LogP contribution in [-0.2, 0) is 0 Å². The molecule has 0 aromatic carbocycles. The minimum Gasteiger partial charge on any atom is -0.393 e. The molecule has 2 nitrogen and oxygen atoms in total. The molecule has 0 unspecified atom stereocenters. The molecule has 2 saturated carbocycles. The van der Waals surface area contributed by atoms with Gasteiger partial charge in [-0.3, -0.25) is 0 Å². The van der Waals surface area contributed by atoms with Crippen LogP contribution in [0.1, 0.15) is 40.0 Å². The molecule has 3 atom stereocenters. The smallest absolute Gasteiger partial charge is 0.0605 e. The van der Waals surface area contributed by atoms with Gasteiger partial charge in [-0.15, -0.1) is 0 Å². The van der Waals surface area contributed by atoms with Crippen molar-refractivity contribution in [2.75, 3.05) is 6.54 Å². The molecule has 0 radical (unpaired) electrons. The maximum Gasteiger partial charge on any atom is 0.0605 e. The van der Waals surface area contributed by atoms with E-state index in [9.17, 15) is 5.11 Å². The van der Waals surface area contributed by atoms with Gasteiger partial charge in [0.05, 0.1) is 6.10 Å². The summed E-state index contributed by atoms with van der Waals surface area (Å²) in [5, 5.41) is 10.1. The molecular weight excluding hydrogens is 162 g/mol. The molecule has 2 aliphatic carbocycles. The summed E-state index contributed by atoms with van der Waals surface area (Å²) in [6.45, 7) is 7.51. The predicted molar refractivity (Wildman–Crippen MR) is 53.2 cm³/mol. The Balaban J connectivity index is 2.46. The molecule has 3 N–H and O–H groups in total. The second kappa shape index (κ2) is 2.29. The lowest BCUT2D eigenvalue weighted by molar-refractivity contribution is 0.0113. The normalized spacial score (nSPS) is 52.8. The fourth-order valence-corrected chi connectivity index (χ4v) is 3.71. The molecule has 0 aliphatic heterocycles. The van der Waals surface area contributed by atoms with Gasteiger partial charge in [-0.2, -0.15) is 0 Å². The van der Waals surface area contributed by atoms with E-state index in [0.29, 0.717) is 0 Å². The van der Waals surface area contributed by atoms with Crippen LogP contribution in [0, 0.1) is 16.2 Å². The lowest BCUT2D eigenvalue weighted by atomic mass is 9.65. The molecule has 2 rings (SSSR count). The van der Waals surface area contributed by atoms with Crippen molar-refractivity contribution in [2.24, 2.45) is 22.0 Å². The zero-order valence-corrected chi connectivity index (χ0v) is 8.93. The summed E-state index contributed by atoms with van der Waals surface area (Å²) in [5.41, 5.74) is 6.41. The molecule has 0 heterocycles. The Morgan fingerprint density at radius 1 is 1.31 bits per heavy atom. The third kappa shape index (κ3) is 0.774. The Labute approximate surface area is 80.5 Å². The summed E-state index contributed by atoms with van der Waals surface area (Å²) in [6.07, 6.45) is 3.11. The van der Waals surface area contributed by atoms with Crippen molar-refractivity contribution >= 4 is 0 Å². The minimum absolute atomic E-state index is 0.104. The van der Waals surface area contributed by atoms with Crippen LogP contribution in [0.25, 0.3) is 0 Å². The van der Waals surface area contributed by atoms with Crippen molar-refractivity contribution in [3.63, 3.8) is 0 Å². The molecule has 76 valence electrons. The molecule has 2 aliphatic rings. The van der Waals surface area contributed by atoms with Crippen LogP contribution in [0.3, 0.4) is 0 Å². The average Bonchev–Trinajstić information content (AvgIpc) is 2.34. The first-order valence-corrected chi connectivity index (χ1v) is 5.28. The predicted octanol–water partition coefficient (Wildman–Crippen LogP) is 1.52. The zero-order chi connectivity index (χ0) is 9.91. The van der Waals surface area contributed by atoms with Crippen molar-refractivity contribution in [3.8, 4) is 0 Å². The monoisotopic (exact) mass is 183 g/mol. The molecule has 0 saturated heterocycles. The van der Waals surface area contributed by atoms with Crippen molar-refractivity contribution in [3.05, 3.63) is 0 Å². The number of hydrogen-bond acceptors (Lipinski definition) is 2. The maximum atomic E-state index is 10.1. The number of aliphatic hydroxyl groups excluding tert-OH is 1. The van der Waals surface area contributed by atoms with Gasteiger partial charge >= 0.3 is 0 Å². The number of fused-ring (bicyclic) bond motifs is 2. The maximum absolute atomic E-state index is 10.1. The Bertz CT molecular complexity index is 238. The van der Waals surface area contributed by atoms with Crippen LogP contribution in [0.15, 0.2) is 0 Å². The van der Waals surface area contributed by atoms with Crippen LogP contribution in [0.4, 0.5) is 0 Å². The molecule has 13 heavy (non-hydrogen) atoms. The first-order chi connectivity index (χ1) is 5.90. The van der Waals surface area contributed by atoms with Crippen molar-refractivity contribution in [1.29, 1.82) is 0 Å². The SMILES string of the molecule is CC1(C)[C@]2(CN)CC[C@@]1(C)[C@@H](O)C2. The van der Waals surface area contributed by atoms with Crippen molar-refractivity contribution in [2.45, 2.75) is 46.1 Å². The second-order valence-corrected chi connectivity index (χ2v) is 5.75. The fourth-order valence-electron chi connectivity index (χ4n) is 3.71. The van der Waals surface area contributed by atoms with E-state index in [1.807, 2.05) is 0 Å². The van der Waals surface area contributed by atoms with E-state index in [2.05, 4.69) is 20.8 Å². The Hall–Kier alpha value is -0.0800. The highest BCUT2D eigenvalue weighted by Crippen LogP contribution is 2.71. The van der Waals surface area contributed by atoms with E-state index in [1.54, 1.807) is 0 Å². The lowest BCUT2D eigenvalue weighted by Gasteiger charge is -2.40. The van der Waals surface area contributed by atoms with Gasteiger partial charge in [-0.1, -0.05) is 20.8 Å². The van der Waals surface area contributed by atoms with E-state index in [-0.39, 0.29) is 22.3 Å². The van der Waals surface area contributed by atoms with Crippen LogP contribution in [-0.4, -0.2) is 17.8 Å². The summed E-state index contributed by atoms with van der Waals surface area (Å²) in [4.78, 5) is 0. The van der Waals surface area contributed by atoms with E-state index < -0.39 is 0 Å². The molecule has 2 bridgehead atoms. The van der Waals surface area contributed by atoms with Gasteiger partial charge in [0.1, 0.15) is 0 Å². The molecule has 0 amide bonds. The topological polar surface area (TPSA) is 46.2 Å². The quantitative estimate of drug-likeness (QED) is 0.647. The molecule has 2 heteroatoms. The third-order valence-electron chi connectivity index (χ3n) is 5.59. The summed E-state index contributed by atoms with van der Waals surface area (Å²) in [6, 6.07) is 0. The summed E-state index contributed by atoms with van der Waals surface area (Å²) >= 11 is 0. The molecule has 0 aromatic heterocycles. The molecular formula is C11H21NO. The van der Waals surface area contributed by atoms with Crippen LogP contribution in [0.5, 0.6) is 0 Å². The minimum atomic E-state index is -0.139. The molecule has 2 fully saturated rings. The van der Waals surface area contributed by atoms with Gasteiger partial charge in [0.15, 0.2) is 0 Å². The van der Waals surface area contributed by atoms with E-state index >= 15 is 0 Å². The first-order valence-electron chi connectivity index (χ1n) is 5.28. The van der Waals surface area contributed by atoms with Gasteiger partial charge in [0.25, 0.3) is 0 Å². The van der Waals surface area contributed by atoms with Crippen molar-refractivity contribution < 1.29 is 5.11 Å². The average molecular weight is 183 g/mol. The third-order valence-corrected chi connectivity index (χ3v) is 5.59. The largest absolute Gasteiger partial charge is 0.393 e. The van der Waals surface area contributed by atoms with Crippen LogP contribution >= 0.6 is 0 Å². The van der Waals surface area contributed by atoms with Crippen LogP contribution in [0.2, 0.25) is 0 Å². The summed E-state index contributed by atoms with van der Waals surface area (Å²) in [7, 11) is 0. The Morgan fingerprint density at radius 3 is 2.15 bits per heavy atom. The van der Waals surface area contributed by atoms with Gasteiger partial charge in [0, 0.05) is 0 Å². The second-order valence-electron chi connectivity index (χ2n) is 5.75. The highest BCUT2D eigenvalue weighted by Gasteiger charge is 2.68. The fraction of sp³-hybridized carbons (Fsp3) is 1.00. The van der Waals surface area contributed by atoms with E-state index in [0.717, 1.165) is 19.4 Å². The van der Waals surface area contributed by atoms with E-state index in [4.69, 9.17) is 5.73 Å². The highest BCUT2D eigenvalue weighted by atomic mass is 16.3. The van der Waals surface area contributed by atoms with Gasteiger partial charge in [0.2, 0.25) is 0 Å². The summed E-state index contributed by atoms with van der Waals surface area (Å²) < 4.78 is 0. The molecule has 0 spiro atoms. The first kappa shape index (κ1) is 9.47. The number of rotatable bonds is 1. The van der Waals surface area contributed by atoms with Gasteiger partial charge < -0.3 is 10.8 Å². The number of nitrogens with two attached hydrogens (primary N) is 1. The van der Waals surface area contributed by atoms with E-state index in [1.165, 1.54) is 6.42 Å². The highest BCUT2D eigenvalue weighted by molar-refractivity contribution is 5.18. The van der Waals surface area contributed by atoms with Gasteiger partial charge in [-0.25, -0.2) is 0 Å². The molecule has 0 aromatic rings. The van der Waals surface area contributed by atoms with Crippen LogP contribution < -0.4 is 5.73 Å². The number of aliphatic hydroxyl groups is 1. The summed E-state index contributed by atoms with van der Waals surface area (Å²) in [5.74, 6) is 0.